The number of nitrogens with zero attached hydrogens (tertiary/aromatic N) is 1. The standard InChI is InChI=1S/C18H24FN3O2/c19-15-7-5-13(6-8-15)18(24)22-10-2-3-14(12-22)17(23)21-11-16-4-1-9-20-16/h5-8,14,16,20H,1-4,9-12H2,(H,21,23). The molecule has 0 bridgehead atoms. The third-order valence-electron chi connectivity index (χ3n) is 4.86. The molecule has 0 spiro atoms. The van der Waals surface area contributed by atoms with Gasteiger partial charge in [0.05, 0.1) is 5.92 Å². The fourth-order valence-electron chi connectivity index (χ4n) is 3.45. The lowest BCUT2D eigenvalue weighted by molar-refractivity contribution is -0.126. The number of piperidine rings is 1. The van der Waals surface area contributed by atoms with Crippen molar-refractivity contribution in [1.29, 1.82) is 0 Å². The van der Waals surface area contributed by atoms with Gasteiger partial charge in [0.2, 0.25) is 5.91 Å². The molecule has 2 atom stereocenters. The Morgan fingerprint density at radius 1 is 1.21 bits per heavy atom. The quantitative estimate of drug-likeness (QED) is 0.879. The number of likely N-dealkylation sites (tertiary alicyclic amines) is 1. The van der Waals surface area contributed by atoms with Crippen molar-refractivity contribution in [2.24, 2.45) is 5.92 Å². The first-order valence-electron chi connectivity index (χ1n) is 8.69. The van der Waals surface area contributed by atoms with E-state index in [9.17, 15) is 14.0 Å². The highest BCUT2D eigenvalue weighted by molar-refractivity contribution is 5.94. The second-order valence-corrected chi connectivity index (χ2v) is 6.64. The van der Waals surface area contributed by atoms with Crippen molar-refractivity contribution in [3.63, 3.8) is 0 Å². The van der Waals surface area contributed by atoms with Gasteiger partial charge in [-0.05, 0) is 56.5 Å². The summed E-state index contributed by atoms with van der Waals surface area (Å²) in [7, 11) is 0. The van der Waals surface area contributed by atoms with Gasteiger partial charge in [0.25, 0.3) is 5.91 Å². The summed E-state index contributed by atoms with van der Waals surface area (Å²) in [6, 6.07) is 5.93. The molecule has 0 radical (unpaired) electrons. The molecule has 0 aromatic heterocycles. The minimum Gasteiger partial charge on any atom is -0.354 e. The summed E-state index contributed by atoms with van der Waals surface area (Å²) in [4.78, 5) is 26.6. The van der Waals surface area contributed by atoms with Crippen LogP contribution in [-0.4, -0.2) is 48.9 Å². The molecule has 0 saturated carbocycles. The molecular formula is C18H24FN3O2. The summed E-state index contributed by atoms with van der Waals surface area (Å²) in [6.45, 7) is 2.75. The van der Waals surface area contributed by atoms with E-state index in [2.05, 4.69) is 10.6 Å². The van der Waals surface area contributed by atoms with Crippen LogP contribution in [-0.2, 0) is 4.79 Å². The lowest BCUT2D eigenvalue weighted by Gasteiger charge is -2.32. The number of rotatable bonds is 4. The van der Waals surface area contributed by atoms with Crippen LogP contribution in [0.1, 0.15) is 36.0 Å². The van der Waals surface area contributed by atoms with Gasteiger partial charge in [-0.25, -0.2) is 4.39 Å². The fourth-order valence-corrected chi connectivity index (χ4v) is 3.45. The summed E-state index contributed by atoms with van der Waals surface area (Å²) in [5.41, 5.74) is 0.465. The maximum Gasteiger partial charge on any atom is 0.253 e. The Morgan fingerprint density at radius 2 is 2.00 bits per heavy atom. The van der Waals surface area contributed by atoms with E-state index in [4.69, 9.17) is 0 Å². The Kier molecular flexibility index (Phi) is 5.45. The van der Waals surface area contributed by atoms with Gasteiger partial charge in [-0.15, -0.1) is 0 Å². The van der Waals surface area contributed by atoms with Crippen molar-refractivity contribution >= 4 is 11.8 Å². The van der Waals surface area contributed by atoms with Gasteiger partial charge < -0.3 is 15.5 Å². The zero-order chi connectivity index (χ0) is 16.9. The zero-order valence-corrected chi connectivity index (χ0v) is 13.8. The van der Waals surface area contributed by atoms with Crippen LogP contribution in [0, 0.1) is 11.7 Å². The van der Waals surface area contributed by atoms with Crippen LogP contribution in [0.15, 0.2) is 24.3 Å². The summed E-state index contributed by atoms with van der Waals surface area (Å²) in [5.74, 6) is -0.627. The molecule has 2 N–H and O–H groups in total. The van der Waals surface area contributed by atoms with Gasteiger partial charge in [-0.3, -0.25) is 9.59 Å². The number of halogens is 1. The van der Waals surface area contributed by atoms with Gasteiger partial charge in [0.1, 0.15) is 5.82 Å². The number of benzene rings is 1. The van der Waals surface area contributed by atoms with E-state index in [0.717, 1.165) is 32.2 Å². The second-order valence-electron chi connectivity index (χ2n) is 6.64. The minimum absolute atomic E-state index is 0.0281. The van der Waals surface area contributed by atoms with E-state index < -0.39 is 0 Å². The number of amides is 2. The van der Waals surface area contributed by atoms with Crippen LogP contribution in [0.5, 0.6) is 0 Å². The third-order valence-corrected chi connectivity index (χ3v) is 4.86. The van der Waals surface area contributed by atoms with Crippen molar-refractivity contribution in [2.45, 2.75) is 31.7 Å². The van der Waals surface area contributed by atoms with Crippen LogP contribution >= 0.6 is 0 Å². The van der Waals surface area contributed by atoms with Crippen molar-refractivity contribution in [3.05, 3.63) is 35.6 Å². The Balaban J connectivity index is 1.54. The number of carbonyl (C=O) groups is 2. The normalized spacial score (nSPS) is 24.0. The molecule has 2 aliphatic rings. The molecule has 24 heavy (non-hydrogen) atoms. The lowest BCUT2D eigenvalue weighted by Crippen LogP contribution is -2.47. The van der Waals surface area contributed by atoms with Gasteiger partial charge in [-0.2, -0.15) is 0 Å². The SMILES string of the molecule is O=C(NCC1CCCN1)C1CCCN(C(=O)c2ccc(F)cc2)C1. The molecule has 2 aliphatic heterocycles. The monoisotopic (exact) mass is 333 g/mol. The Labute approximate surface area is 141 Å². The number of carbonyl (C=O) groups excluding carboxylic acids is 2. The fraction of sp³-hybridized carbons (Fsp3) is 0.556. The first-order chi connectivity index (χ1) is 11.6. The third kappa shape index (κ3) is 4.12. The van der Waals surface area contributed by atoms with Crippen LogP contribution in [0.25, 0.3) is 0 Å². The van der Waals surface area contributed by atoms with E-state index >= 15 is 0 Å². The van der Waals surface area contributed by atoms with Gasteiger partial charge >= 0.3 is 0 Å². The van der Waals surface area contributed by atoms with Crippen molar-refractivity contribution < 1.29 is 14.0 Å². The summed E-state index contributed by atoms with van der Waals surface area (Å²) in [6.07, 6.45) is 3.87. The highest BCUT2D eigenvalue weighted by Gasteiger charge is 2.29. The van der Waals surface area contributed by atoms with Gasteiger partial charge in [0, 0.05) is 31.2 Å². The highest BCUT2D eigenvalue weighted by Crippen LogP contribution is 2.19. The van der Waals surface area contributed by atoms with Gasteiger partial charge in [0.15, 0.2) is 0 Å². The molecule has 3 rings (SSSR count). The molecule has 2 fully saturated rings. The van der Waals surface area contributed by atoms with Gasteiger partial charge in [-0.1, -0.05) is 0 Å². The first kappa shape index (κ1) is 16.9. The molecule has 2 saturated heterocycles. The molecule has 130 valence electrons. The van der Waals surface area contributed by atoms with E-state index in [-0.39, 0.29) is 23.5 Å². The first-order valence-corrected chi connectivity index (χ1v) is 8.69. The Bertz CT molecular complexity index is 584. The average Bonchev–Trinajstić information content (AvgIpc) is 3.13. The smallest absolute Gasteiger partial charge is 0.253 e. The molecule has 6 heteroatoms. The van der Waals surface area contributed by atoms with Crippen molar-refractivity contribution in [3.8, 4) is 0 Å². The number of hydrogen-bond donors (Lipinski definition) is 2. The molecular weight excluding hydrogens is 309 g/mol. The van der Waals surface area contributed by atoms with Crippen molar-refractivity contribution in [1.82, 2.24) is 15.5 Å². The minimum atomic E-state index is -0.358. The van der Waals surface area contributed by atoms with Crippen LogP contribution in [0.2, 0.25) is 0 Å². The maximum absolute atomic E-state index is 13.0. The highest BCUT2D eigenvalue weighted by atomic mass is 19.1. The molecule has 2 heterocycles. The van der Waals surface area contributed by atoms with E-state index in [0.29, 0.717) is 31.2 Å². The van der Waals surface area contributed by atoms with Crippen LogP contribution in [0.4, 0.5) is 4.39 Å². The summed E-state index contributed by atoms with van der Waals surface area (Å²) >= 11 is 0. The van der Waals surface area contributed by atoms with Crippen LogP contribution < -0.4 is 10.6 Å². The van der Waals surface area contributed by atoms with Crippen molar-refractivity contribution in [2.75, 3.05) is 26.2 Å². The number of hydrogen-bond acceptors (Lipinski definition) is 3. The van der Waals surface area contributed by atoms with E-state index in [1.54, 1.807) is 4.90 Å². The Morgan fingerprint density at radius 3 is 2.71 bits per heavy atom. The second kappa shape index (κ2) is 7.75. The average molecular weight is 333 g/mol. The predicted octanol–water partition coefficient (Wildman–Crippen LogP) is 1.55. The van der Waals surface area contributed by atoms with Crippen LogP contribution in [0.3, 0.4) is 0 Å². The molecule has 2 unspecified atom stereocenters. The predicted molar refractivity (Wildman–Crippen MR) is 89.1 cm³/mol. The molecule has 2 amide bonds. The molecule has 1 aromatic rings. The Hall–Kier alpha value is -1.95. The van der Waals surface area contributed by atoms with E-state index in [1.165, 1.54) is 24.3 Å². The zero-order valence-electron chi connectivity index (χ0n) is 13.8. The molecule has 0 aliphatic carbocycles. The lowest BCUT2D eigenvalue weighted by atomic mass is 9.96. The summed E-state index contributed by atoms with van der Waals surface area (Å²) < 4.78 is 13.0. The maximum atomic E-state index is 13.0. The number of nitrogens with one attached hydrogen (secondary N) is 2. The molecule has 5 nitrogen and oxygen atoms in total. The van der Waals surface area contributed by atoms with E-state index in [1.807, 2.05) is 0 Å². The topological polar surface area (TPSA) is 61.4 Å². The summed E-state index contributed by atoms with van der Waals surface area (Å²) in [5, 5.41) is 6.37. The largest absolute Gasteiger partial charge is 0.354 e. The molecule has 1 aromatic carbocycles.